The Bertz CT molecular complexity index is 1410. The molecule has 3 aromatic heterocycles. The van der Waals surface area contributed by atoms with Crippen LogP contribution in [0.3, 0.4) is 0 Å². The summed E-state index contributed by atoms with van der Waals surface area (Å²) >= 11 is 1.32. The number of rotatable bonds is 8. The molecule has 5 heterocycles. The van der Waals surface area contributed by atoms with Gasteiger partial charge in [-0.15, -0.1) is 22.0 Å². The number of aliphatic hydroxyl groups excluding tert-OH is 3. The highest BCUT2D eigenvalue weighted by atomic mass is 32.2. The predicted octanol–water partition coefficient (Wildman–Crippen LogP) is 0.362. The van der Waals surface area contributed by atoms with Crippen LogP contribution in [-0.4, -0.2) is 118 Å². The van der Waals surface area contributed by atoms with Crippen molar-refractivity contribution >= 4 is 11.8 Å². The predicted molar refractivity (Wildman–Crippen MR) is 145 cm³/mol. The molecular weight excluding hydrogens is 552 g/mol. The molecule has 15 heteroatoms. The Balaban J connectivity index is 1.22. The summed E-state index contributed by atoms with van der Waals surface area (Å²) in [6.07, 6.45) is 2.99. The first-order valence-corrected chi connectivity index (χ1v) is 14.1. The Hall–Kier alpha value is -3.31. The maximum atomic E-state index is 11.4. The molecule has 14 nitrogen and oxygen atoms in total. The van der Waals surface area contributed by atoms with Gasteiger partial charge in [0.2, 0.25) is 0 Å². The lowest BCUT2D eigenvalue weighted by Gasteiger charge is -2.45. The van der Waals surface area contributed by atoms with E-state index in [1.807, 2.05) is 30.3 Å². The van der Waals surface area contributed by atoms with Gasteiger partial charge in [-0.2, -0.15) is 10.2 Å². The average molecular weight is 583 g/mol. The number of nitrogens with zero attached hydrogens (tertiary/aromatic N) is 8. The van der Waals surface area contributed by atoms with Crippen molar-refractivity contribution in [3.8, 4) is 22.5 Å². The first-order valence-electron chi connectivity index (χ1n) is 13.1. The summed E-state index contributed by atoms with van der Waals surface area (Å²) in [5.74, 6) is 0. The van der Waals surface area contributed by atoms with Crippen LogP contribution in [0.4, 0.5) is 0 Å². The second kappa shape index (κ2) is 12.3. The minimum absolute atomic E-state index is 0.262. The molecule has 3 N–H and O–H groups in total. The zero-order chi connectivity index (χ0) is 28.3. The number of hydrogen-bond acceptors (Lipinski definition) is 13. The molecule has 2 saturated heterocycles. The van der Waals surface area contributed by atoms with Crippen molar-refractivity contribution in [3.05, 3.63) is 61.2 Å². The minimum Gasteiger partial charge on any atom is -0.394 e. The SMILES string of the molecule is CO[C@@H]1[C@@H](n2cc(-c3ccnnc3)nn2)[C@@H](O)[C@@H](CO)O[C@H]1S[C@@H]1COC[C@H](n2cc(-c3ccccc3)nn2)[C@H]1O. The van der Waals surface area contributed by atoms with Crippen molar-refractivity contribution in [3.63, 3.8) is 0 Å². The Morgan fingerprint density at radius 1 is 0.951 bits per heavy atom. The first kappa shape index (κ1) is 27.8. The van der Waals surface area contributed by atoms with Crippen LogP contribution in [0.15, 0.2) is 61.2 Å². The van der Waals surface area contributed by atoms with Gasteiger partial charge >= 0.3 is 0 Å². The molecule has 0 bridgehead atoms. The van der Waals surface area contributed by atoms with Crippen LogP contribution in [0, 0.1) is 0 Å². The molecule has 2 aliphatic rings. The monoisotopic (exact) mass is 582 g/mol. The maximum absolute atomic E-state index is 11.4. The van der Waals surface area contributed by atoms with Crippen LogP contribution in [0.5, 0.6) is 0 Å². The number of methoxy groups -OCH3 is 1. The second-order valence-corrected chi connectivity index (χ2v) is 11.2. The van der Waals surface area contributed by atoms with Gasteiger partial charge in [0.05, 0.1) is 56.0 Å². The van der Waals surface area contributed by atoms with E-state index in [0.29, 0.717) is 17.0 Å². The largest absolute Gasteiger partial charge is 0.394 e. The van der Waals surface area contributed by atoms with Crippen molar-refractivity contribution in [2.75, 3.05) is 26.9 Å². The van der Waals surface area contributed by atoms with Crippen LogP contribution in [-0.2, 0) is 14.2 Å². The highest BCUT2D eigenvalue weighted by Gasteiger charge is 2.49. The fourth-order valence-electron chi connectivity index (χ4n) is 5.18. The van der Waals surface area contributed by atoms with Gasteiger partial charge in [-0.25, -0.2) is 9.36 Å². The summed E-state index contributed by atoms with van der Waals surface area (Å²) in [5, 5.41) is 56.9. The Morgan fingerprint density at radius 2 is 1.71 bits per heavy atom. The van der Waals surface area contributed by atoms with Gasteiger partial charge in [0.25, 0.3) is 0 Å². The number of hydrogen-bond donors (Lipinski definition) is 3. The minimum atomic E-state index is -1.14. The molecule has 0 unspecified atom stereocenters. The molecule has 0 radical (unpaired) electrons. The first-order chi connectivity index (χ1) is 20.1. The number of aliphatic hydroxyl groups is 3. The Morgan fingerprint density at radius 3 is 2.44 bits per heavy atom. The van der Waals surface area contributed by atoms with Gasteiger partial charge in [-0.1, -0.05) is 40.8 Å². The van der Waals surface area contributed by atoms with Gasteiger partial charge < -0.3 is 29.5 Å². The summed E-state index contributed by atoms with van der Waals surface area (Å²) in [4.78, 5) is 0. The number of benzene rings is 1. The van der Waals surface area contributed by atoms with E-state index in [9.17, 15) is 15.3 Å². The average Bonchev–Trinajstić information content (AvgIpc) is 3.70. The quantitative estimate of drug-likeness (QED) is 0.260. The highest BCUT2D eigenvalue weighted by molar-refractivity contribution is 8.00. The van der Waals surface area contributed by atoms with E-state index in [2.05, 4.69) is 30.8 Å². The van der Waals surface area contributed by atoms with E-state index in [1.54, 1.807) is 35.5 Å². The van der Waals surface area contributed by atoms with Crippen molar-refractivity contribution in [1.29, 1.82) is 0 Å². The van der Waals surface area contributed by atoms with Gasteiger partial charge in [-0.05, 0) is 6.07 Å². The highest BCUT2D eigenvalue weighted by Crippen LogP contribution is 2.41. The van der Waals surface area contributed by atoms with E-state index in [4.69, 9.17) is 14.2 Å². The molecule has 0 saturated carbocycles. The zero-order valence-electron chi connectivity index (χ0n) is 22.1. The van der Waals surface area contributed by atoms with Gasteiger partial charge in [0.15, 0.2) is 0 Å². The molecule has 8 atom stereocenters. The summed E-state index contributed by atoms with van der Waals surface area (Å²) in [6, 6.07) is 10.2. The lowest BCUT2D eigenvalue weighted by Crippen LogP contribution is -2.56. The fourth-order valence-corrected chi connectivity index (χ4v) is 6.67. The molecular formula is C26H30N8O6S. The van der Waals surface area contributed by atoms with Crippen LogP contribution < -0.4 is 0 Å². The smallest absolute Gasteiger partial charge is 0.132 e. The lowest BCUT2D eigenvalue weighted by molar-refractivity contribution is -0.186. The Kier molecular flexibility index (Phi) is 8.34. The number of ether oxygens (including phenoxy) is 3. The van der Waals surface area contributed by atoms with E-state index in [1.165, 1.54) is 23.6 Å². The van der Waals surface area contributed by atoms with Crippen molar-refractivity contribution < 1.29 is 29.5 Å². The van der Waals surface area contributed by atoms with E-state index in [-0.39, 0.29) is 13.2 Å². The third-order valence-electron chi connectivity index (χ3n) is 7.37. The van der Waals surface area contributed by atoms with E-state index >= 15 is 0 Å². The van der Waals surface area contributed by atoms with Crippen molar-refractivity contribution in [2.45, 2.75) is 47.2 Å². The molecule has 1 aromatic carbocycles. The molecule has 0 aliphatic carbocycles. The Labute approximate surface area is 239 Å². The van der Waals surface area contributed by atoms with Gasteiger partial charge in [0, 0.05) is 18.2 Å². The van der Waals surface area contributed by atoms with E-state index in [0.717, 1.165) is 5.56 Å². The topological polar surface area (TPSA) is 176 Å². The maximum Gasteiger partial charge on any atom is 0.132 e. The second-order valence-electron chi connectivity index (χ2n) is 9.84. The van der Waals surface area contributed by atoms with Crippen LogP contribution in [0.25, 0.3) is 22.5 Å². The summed E-state index contributed by atoms with van der Waals surface area (Å²) in [7, 11) is 1.52. The van der Waals surface area contributed by atoms with Gasteiger partial charge in [0.1, 0.15) is 47.2 Å². The third-order valence-corrected chi connectivity index (χ3v) is 8.78. The molecule has 4 aromatic rings. The molecule has 41 heavy (non-hydrogen) atoms. The third kappa shape index (κ3) is 5.61. The van der Waals surface area contributed by atoms with Crippen LogP contribution >= 0.6 is 11.8 Å². The number of thioether (sulfide) groups is 1. The van der Waals surface area contributed by atoms with Crippen molar-refractivity contribution in [2.24, 2.45) is 0 Å². The molecule has 6 rings (SSSR count). The summed E-state index contributed by atoms with van der Waals surface area (Å²) in [5.41, 5.74) is 2.19. The molecule has 0 amide bonds. The molecule has 2 fully saturated rings. The fraction of sp³-hybridized carbons (Fsp3) is 0.462. The molecule has 2 aliphatic heterocycles. The summed E-state index contributed by atoms with van der Waals surface area (Å²) in [6.45, 7) is 0.105. The van der Waals surface area contributed by atoms with Crippen LogP contribution in [0.1, 0.15) is 12.1 Å². The summed E-state index contributed by atoms with van der Waals surface area (Å²) < 4.78 is 21.0. The lowest BCUT2D eigenvalue weighted by atomic mass is 9.97. The zero-order valence-corrected chi connectivity index (χ0v) is 22.9. The van der Waals surface area contributed by atoms with E-state index < -0.39 is 53.8 Å². The number of aromatic nitrogens is 8. The van der Waals surface area contributed by atoms with Crippen molar-refractivity contribution in [1.82, 2.24) is 40.2 Å². The molecule has 216 valence electrons. The molecule has 0 spiro atoms. The van der Waals surface area contributed by atoms with Gasteiger partial charge in [-0.3, -0.25) is 0 Å². The normalized spacial score (nSPS) is 30.3. The standard InChI is InChI=1S/C26H30N8O6S/c1-38-25-22(34-11-18(30-32-34)16-7-8-27-28-9-16)24(37)20(12-35)40-26(25)41-21-14-39-13-19(23(21)36)33-10-17(29-31-33)15-5-3-2-4-6-15/h2-11,19-26,35-37H,12-14H2,1H3/t19-,20+,21+,22-,23+,24-,25+,26-/m0/s1. The van der Waals surface area contributed by atoms with Crippen LogP contribution in [0.2, 0.25) is 0 Å².